The fraction of sp³-hybridized carbons (Fsp3) is 0.241. The number of carbonyl (C=O) groups is 1. The maximum Gasteiger partial charge on any atom is 0.256 e. The molecule has 0 aliphatic heterocycles. The highest BCUT2D eigenvalue weighted by molar-refractivity contribution is 6.10. The van der Waals surface area contributed by atoms with Gasteiger partial charge in [0, 0.05) is 37.0 Å². The third-order valence-electron chi connectivity index (χ3n) is 6.18. The number of aryl methyl sites for hydroxylation is 2. The second-order valence-electron chi connectivity index (χ2n) is 9.22. The van der Waals surface area contributed by atoms with E-state index in [1.807, 2.05) is 32.9 Å². The smallest absolute Gasteiger partial charge is 0.256 e. The van der Waals surface area contributed by atoms with Crippen LogP contribution in [0.5, 0.6) is 5.75 Å². The molecule has 0 aliphatic rings. The second kappa shape index (κ2) is 10.1. The molecule has 2 aromatic carbocycles. The van der Waals surface area contributed by atoms with Gasteiger partial charge in [-0.1, -0.05) is 36.2 Å². The summed E-state index contributed by atoms with van der Waals surface area (Å²) < 4.78 is 0. The van der Waals surface area contributed by atoms with Gasteiger partial charge in [-0.2, -0.15) is 5.26 Å². The molecule has 0 saturated carbocycles. The number of likely N-dealkylation sites (N-methyl/N-ethyl adjacent to an activating group) is 1. The van der Waals surface area contributed by atoms with E-state index in [9.17, 15) is 15.2 Å². The number of pyridine rings is 2. The number of rotatable bonds is 6. The molecule has 0 spiro atoms. The highest BCUT2D eigenvalue weighted by Crippen LogP contribution is 2.32. The van der Waals surface area contributed by atoms with Crippen molar-refractivity contribution >= 4 is 16.9 Å². The maximum absolute atomic E-state index is 13.9. The van der Waals surface area contributed by atoms with Crippen molar-refractivity contribution in [3.8, 4) is 34.2 Å². The van der Waals surface area contributed by atoms with E-state index in [4.69, 9.17) is 10.7 Å². The number of carbonyl (C=O) groups excluding carboxylic acids is 1. The first kappa shape index (κ1) is 24.8. The summed E-state index contributed by atoms with van der Waals surface area (Å²) in [4.78, 5) is 25.0. The first-order chi connectivity index (χ1) is 17.2. The molecule has 0 bridgehead atoms. The van der Waals surface area contributed by atoms with E-state index in [0.29, 0.717) is 45.5 Å². The molecular formula is C29H29N5O2. The third kappa shape index (κ3) is 5.04. The Kier molecular flexibility index (Phi) is 7.00. The summed E-state index contributed by atoms with van der Waals surface area (Å²) in [5, 5.41) is 19.4. The van der Waals surface area contributed by atoms with Gasteiger partial charge >= 0.3 is 0 Å². The Bertz CT molecular complexity index is 1490. The zero-order valence-corrected chi connectivity index (χ0v) is 20.9. The van der Waals surface area contributed by atoms with Crippen LogP contribution in [-0.2, 0) is 0 Å². The number of nitriles is 1. The number of aromatic nitrogens is 2. The van der Waals surface area contributed by atoms with E-state index < -0.39 is 0 Å². The molecule has 3 N–H and O–H groups in total. The highest BCUT2D eigenvalue weighted by atomic mass is 16.3. The minimum Gasteiger partial charge on any atom is -0.508 e. The number of hydrogen-bond acceptors (Lipinski definition) is 6. The summed E-state index contributed by atoms with van der Waals surface area (Å²) in [5.74, 6) is -0.226. The minimum atomic E-state index is -0.196. The fourth-order valence-electron chi connectivity index (χ4n) is 4.37. The van der Waals surface area contributed by atoms with Crippen molar-refractivity contribution in [2.45, 2.75) is 33.2 Å². The van der Waals surface area contributed by atoms with Gasteiger partial charge in [-0.25, -0.2) is 4.98 Å². The Hall–Kier alpha value is -4.28. The molecule has 0 saturated heterocycles. The van der Waals surface area contributed by atoms with E-state index in [1.54, 1.807) is 42.4 Å². The lowest BCUT2D eigenvalue weighted by atomic mass is 9.96. The normalized spacial score (nSPS) is 11.8. The Morgan fingerprint density at radius 2 is 1.83 bits per heavy atom. The second-order valence-corrected chi connectivity index (χ2v) is 9.22. The van der Waals surface area contributed by atoms with Crippen molar-refractivity contribution in [1.29, 1.82) is 5.26 Å². The number of fused-ring (bicyclic) bond motifs is 1. The molecule has 0 radical (unpaired) electrons. The van der Waals surface area contributed by atoms with Crippen LogP contribution in [0, 0.1) is 25.2 Å². The summed E-state index contributed by atoms with van der Waals surface area (Å²) in [5.41, 5.74) is 12.8. The molecule has 1 amide bonds. The van der Waals surface area contributed by atoms with Crippen molar-refractivity contribution in [3.05, 3.63) is 77.0 Å². The topological polar surface area (TPSA) is 116 Å². The van der Waals surface area contributed by atoms with Crippen LogP contribution in [0.25, 0.3) is 33.4 Å². The largest absolute Gasteiger partial charge is 0.508 e. The Morgan fingerprint density at radius 3 is 2.50 bits per heavy atom. The molecular weight excluding hydrogens is 450 g/mol. The SMILES string of the molecule is CCC(N)CN(C)C(=O)c1c(-c2cc(C)cc(C)c2)cnc2ccc(-c3cc(O)cc(C#N)c3)nc12. The number of aromatic hydroxyl groups is 1. The summed E-state index contributed by atoms with van der Waals surface area (Å²) in [6.45, 7) is 6.43. The van der Waals surface area contributed by atoms with Gasteiger partial charge in [-0.05, 0) is 56.2 Å². The average molecular weight is 480 g/mol. The van der Waals surface area contributed by atoms with Crippen molar-refractivity contribution in [2.24, 2.45) is 5.73 Å². The Labute approximate surface area is 210 Å². The molecule has 2 aromatic heterocycles. The minimum absolute atomic E-state index is 0.0300. The number of phenolic OH excluding ortho intramolecular Hbond substituents is 1. The van der Waals surface area contributed by atoms with Gasteiger partial charge in [-0.3, -0.25) is 9.78 Å². The van der Waals surface area contributed by atoms with Gasteiger partial charge in [0.15, 0.2) is 0 Å². The van der Waals surface area contributed by atoms with Crippen LogP contribution in [0.2, 0.25) is 0 Å². The first-order valence-corrected chi connectivity index (χ1v) is 11.8. The number of hydrogen-bond donors (Lipinski definition) is 2. The molecule has 1 unspecified atom stereocenters. The highest BCUT2D eigenvalue weighted by Gasteiger charge is 2.23. The molecule has 0 aliphatic carbocycles. The summed E-state index contributed by atoms with van der Waals surface area (Å²) >= 11 is 0. The van der Waals surface area contributed by atoms with Crippen LogP contribution in [0.4, 0.5) is 0 Å². The fourth-order valence-corrected chi connectivity index (χ4v) is 4.37. The lowest BCUT2D eigenvalue weighted by Crippen LogP contribution is -2.38. The van der Waals surface area contributed by atoms with Crippen LogP contribution < -0.4 is 5.73 Å². The molecule has 4 rings (SSSR count). The van der Waals surface area contributed by atoms with Gasteiger partial charge in [-0.15, -0.1) is 0 Å². The molecule has 7 nitrogen and oxygen atoms in total. The number of nitrogens with zero attached hydrogens (tertiary/aromatic N) is 4. The van der Waals surface area contributed by atoms with Crippen molar-refractivity contribution in [1.82, 2.24) is 14.9 Å². The summed E-state index contributed by atoms with van der Waals surface area (Å²) in [6.07, 6.45) is 2.47. The average Bonchev–Trinajstić information content (AvgIpc) is 2.86. The van der Waals surface area contributed by atoms with E-state index >= 15 is 0 Å². The van der Waals surface area contributed by atoms with E-state index in [0.717, 1.165) is 23.1 Å². The Balaban J connectivity index is 1.98. The lowest BCUT2D eigenvalue weighted by Gasteiger charge is -2.23. The van der Waals surface area contributed by atoms with Crippen LogP contribution in [0.15, 0.2) is 54.7 Å². The number of nitrogens with two attached hydrogens (primary N) is 1. The molecule has 36 heavy (non-hydrogen) atoms. The predicted octanol–water partition coefficient (Wildman–Crippen LogP) is 4.97. The molecule has 4 aromatic rings. The van der Waals surface area contributed by atoms with Crippen LogP contribution in [0.1, 0.15) is 40.4 Å². The van der Waals surface area contributed by atoms with Crippen LogP contribution in [0.3, 0.4) is 0 Å². The van der Waals surface area contributed by atoms with Crippen molar-refractivity contribution in [3.63, 3.8) is 0 Å². The maximum atomic E-state index is 13.9. The number of phenols is 1. The Morgan fingerprint density at radius 1 is 1.11 bits per heavy atom. The van der Waals surface area contributed by atoms with E-state index in [-0.39, 0.29) is 17.7 Å². The van der Waals surface area contributed by atoms with Crippen molar-refractivity contribution in [2.75, 3.05) is 13.6 Å². The molecule has 7 heteroatoms. The van der Waals surface area contributed by atoms with Gasteiger partial charge in [0.25, 0.3) is 5.91 Å². The van der Waals surface area contributed by atoms with Gasteiger partial charge < -0.3 is 15.7 Å². The monoisotopic (exact) mass is 479 g/mol. The first-order valence-electron chi connectivity index (χ1n) is 11.8. The number of amides is 1. The third-order valence-corrected chi connectivity index (χ3v) is 6.18. The standard InChI is InChI=1S/C29H29N5O2/c1-5-22(31)16-34(4)29(36)27-24(20-9-17(2)8-18(3)10-20)15-32-26-7-6-25(33-28(26)27)21-11-19(14-30)12-23(35)13-21/h6-13,15,22,35H,5,16,31H2,1-4H3. The molecule has 0 fully saturated rings. The zero-order valence-electron chi connectivity index (χ0n) is 20.9. The van der Waals surface area contributed by atoms with Gasteiger partial charge in [0.1, 0.15) is 11.3 Å². The van der Waals surface area contributed by atoms with Crippen molar-refractivity contribution < 1.29 is 9.90 Å². The summed E-state index contributed by atoms with van der Waals surface area (Å²) in [7, 11) is 1.74. The molecule has 182 valence electrons. The zero-order chi connectivity index (χ0) is 26.0. The van der Waals surface area contributed by atoms with Gasteiger partial charge in [0.2, 0.25) is 0 Å². The van der Waals surface area contributed by atoms with Crippen LogP contribution >= 0.6 is 0 Å². The van der Waals surface area contributed by atoms with Gasteiger partial charge in [0.05, 0.1) is 28.4 Å². The molecule has 2 heterocycles. The lowest BCUT2D eigenvalue weighted by molar-refractivity contribution is 0.0788. The predicted molar refractivity (Wildman–Crippen MR) is 141 cm³/mol. The molecule has 1 atom stereocenters. The van der Waals surface area contributed by atoms with E-state index in [2.05, 4.69) is 17.1 Å². The number of benzene rings is 2. The summed E-state index contributed by atoms with van der Waals surface area (Å²) in [6, 6.07) is 16.2. The quantitative estimate of drug-likeness (QED) is 0.403. The van der Waals surface area contributed by atoms with Crippen LogP contribution in [-0.4, -0.2) is 45.5 Å². The van der Waals surface area contributed by atoms with E-state index in [1.165, 1.54) is 6.07 Å².